The van der Waals surface area contributed by atoms with Crippen LogP contribution in [0.5, 0.6) is 5.75 Å². The first-order valence-corrected chi connectivity index (χ1v) is 5.48. The van der Waals surface area contributed by atoms with Crippen LogP contribution in [0.1, 0.15) is 26.3 Å². The normalized spacial score (nSPS) is 10.9. The summed E-state index contributed by atoms with van der Waals surface area (Å²) >= 11 is 0. The largest absolute Gasteiger partial charge is 0.495 e. The Labute approximate surface area is 106 Å². The summed E-state index contributed by atoms with van der Waals surface area (Å²) in [6.07, 6.45) is 0. The molecule has 18 heavy (non-hydrogen) atoms. The summed E-state index contributed by atoms with van der Waals surface area (Å²) in [6.45, 7) is 4.60. The highest BCUT2D eigenvalue weighted by atomic mass is 16.5. The van der Waals surface area contributed by atoms with Crippen molar-refractivity contribution >= 4 is 17.6 Å². The van der Waals surface area contributed by atoms with Crippen molar-refractivity contribution in [2.75, 3.05) is 12.4 Å². The Kier molecular flexibility index (Phi) is 3.96. The molecule has 0 bridgehead atoms. The van der Waals surface area contributed by atoms with Crippen LogP contribution in [0, 0.1) is 0 Å². The van der Waals surface area contributed by atoms with Crippen molar-refractivity contribution in [3.8, 4) is 5.75 Å². The van der Waals surface area contributed by atoms with Crippen LogP contribution < -0.4 is 10.1 Å². The van der Waals surface area contributed by atoms with Gasteiger partial charge in [-0.3, -0.25) is 9.59 Å². The third-order valence-corrected chi connectivity index (χ3v) is 2.77. The molecule has 5 heteroatoms. The third kappa shape index (κ3) is 2.80. The first kappa shape index (κ1) is 14.0. The number of aliphatic carboxylic acids is 1. The highest BCUT2D eigenvalue weighted by molar-refractivity contribution is 5.91. The second kappa shape index (κ2) is 5.08. The van der Waals surface area contributed by atoms with Crippen LogP contribution in [-0.4, -0.2) is 24.1 Å². The maximum Gasteiger partial charge on any atom is 0.313 e. The van der Waals surface area contributed by atoms with E-state index in [1.165, 1.54) is 14.0 Å². The number of amides is 1. The maximum atomic E-state index is 11.2. The number of benzene rings is 1. The number of carbonyl (C=O) groups is 2. The molecule has 0 aliphatic rings. The molecule has 1 amide bonds. The monoisotopic (exact) mass is 251 g/mol. The third-order valence-electron chi connectivity index (χ3n) is 2.77. The van der Waals surface area contributed by atoms with Gasteiger partial charge in [-0.05, 0) is 31.5 Å². The summed E-state index contributed by atoms with van der Waals surface area (Å²) in [5.41, 5.74) is 0.0378. The van der Waals surface area contributed by atoms with Crippen molar-refractivity contribution in [3.05, 3.63) is 23.8 Å². The quantitative estimate of drug-likeness (QED) is 0.858. The maximum absolute atomic E-state index is 11.2. The lowest BCUT2D eigenvalue weighted by molar-refractivity contribution is -0.142. The van der Waals surface area contributed by atoms with Gasteiger partial charge in [0.25, 0.3) is 0 Å². The van der Waals surface area contributed by atoms with Crippen LogP contribution in [0.4, 0.5) is 5.69 Å². The van der Waals surface area contributed by atoms with Gasteiger partial charge in [-0.2, -0.15) is 0 Å². The van der Waals surface area contributed by atoms with Crippen LogP contribution in [0.25, 0.3) is 0 Å². The highest BCUT2D eigenvalue weighted by Crippen LogP contribution is 2.31. The van der Waals surface area contributed by atoms with Gasteiger partial charge in [-0.25, -0.2) is 0 Å². The van der Waals surface area contributed by atoms with Gasteiger partial charge < -0.3 is 15.2 Å². The number of nitrogens with one attached hydrogen (secondary N) is 1. The van der Waals surface area contributed by atoms with Gasteiger partial charge >= 0.3 is 5.97 Å². The van der Waals surface area contributed by atoms with Crippen LogP contribution in [0.2, 0.25) is 0 Å². The summed E-state index contributed by atoms with van der Waals surface area (Å²) in [4.78, 5) is 22.3. The van der Waals surface area contributed by atoms with E-state index < -0.39 is 11.4 Å². The topological polar surface area (TPSA) is 75.6 Å². The molecule has 0 atom stereocenters. The zero-order valence-electron chi connectivity index (χ0n) is 10.9. The lowest BCUT2D eigenvalue weighted by atomic mass is 9.84. The molecule has 1 aromatic rings. The molecule has 5 nitrogen and oxygen atoms in total. The number of carbonyl (C=O) groups excluding carboxylic acids is 1. The fourth-order valence-corrected chi connectivity index (χ4v) is 1.51. The van der Waals surface area contributed by atoms with Crippen LogP contribution in [0.15, 0.2) is 18.2 Å². The van der Waals surface area contributed by atoms with Crippen molar-refractivity contribution in [2.24, 2.45) is 0 Å². The number of rotatable bonds is 4. The summed E-state index contributed by atoms with van der Waals surface area (Å²) in [5, 5.41) is 11.8. The molecule has 0 spiro atoms. The Morgan fingerprint density at radius 1 is 1.33 bits per heavy atom. The summed E-state index contributed by atoms with van der Waals surface area (Å²) in [5.74, 6) is -0.671. The molecule has 1 aromatic carbocycles. The minimum atomic E-state index is -1.03. The van der Waals surface area contributed by atoms with Gasteiger partial charge in [0.1, 0.15) is 5.75 Å². The SMILES string of the molecule is COc1ccc(C(C)(C)C(=O)O)cc1NC(C)=O. The zero-order valence-corrected chi connectivity index (χ0v) is 10.9. The Morgan fingerprint density at radius 2 is 1.94 bits per heavy atom. The van der Waals surface area contributed by atoms with Crippen molar-refractivity contribution in [1.29, 1.82) is 0 Å². The first-order chi connectivity index (χ1) is 8.28. The second-order valence-corrected chi connectivity index (χ2v) is 4.53. The van der Waals surface area contributed by atoms with Gasteiger partial charge in [-0.1, -0.05) is 6.07 Å². The van der Waals surface area contributed by atoms with E-state index in [0.717, 1.165) is 0 Å². The molecule has 0 radical (unpaired) electrons. The lowest BCUT2D eigenvalue weighted by Crippen LogP contribution is -2.28. The highest BCUT2D eigenvalue weighted by Gasteiger charge is 2.30. The molecule has 0 unspecified atom stereocenters. The van der Waals surface area contributed by atoms with E-state index in [1.807, 2.05) is 0 Å². The number of carboxylic acids is 1. The molecule has 0 saturated carbocycles. The van der Waals surface area contributed by atoms with Crippen LogP contribution >= 0.6 is 0 Å². The first-order valence-electron chi connectivity index (χ1n) is 5.48. The minimum Gasteiger partial charge on any atom is -0.495 e. The number of ether oxygens (including phenoxy) is 1. The predicted molar refractivity (Wildman–Crippen MR) is 68.0 cm³/mol. The lowest BCUT2D eigenvalue weighted by Gasteiger charge is -2.21. The molecule has 98 valence electrons. The predicted octanol–water partition coefficient (Wildman–Crippen LogP) is 2.02. The van der Waals surface area contributed by atoms with E-state index in [0.29, 0.717) is 17.0 Å². The Hall–Kier alpha value is -2.04. The molecule has 1 rings (SSSR count). The van der Waals surface area contributed by atoms with Gasteiger partial charge in [0.2, 0.25) is 5.91 Å². The fourth-order valence-electron chi connectivity index (χ4n) is 1.51. The summed E-state index contributed by atoms with van der Waals surface area (Å²) in [7, 11) is 1.49. The molecular formula is C13H17NO4. The average Bonchev–Trinajstić information content (AvgIpc) is 2.27. The Bertz CT molecular complexity index is 480. The van der Waals surface area contributed by atoms with E-state index in [9.17, 15) is 14.7 Å². The minimum absolute atomic E-state index is 0.237. The molecular weight excluding hydrogens is 234 g/mol. The molecule has 0 saturated heterocycles. The molecule has 2 N–H and O–H groups in total. The molecule has 0 heterocycles. The molecule has 0 aromatic heterocycles. The molecule has 0 aliphatic carbocycles. The average molecular weight is 251 g/mol. The van der Waals surface area contributed by atoms with Crippen LogP contribution in [0.3, 0.4) is 0 Å². The smallest absolute Gasteiger partial charge is 0.313 e. The Morgan fingerprint density at radius 3 is 2.39 bits per heavy atom. The van der Waals surface area contributed by atoms with Gasteiger partial charge in [0.05, 0.1) is 18.2 Å². The van der Waals surface area contributed by atoms with E-state index >= 15 is 0 Å². The van der Waals surface area contributed by atoms with E-state index in [-0.39, 0.29) is 5.91 Å². The second-order valence-electron chi connectivity index (χ2n) is 4.53. The number of hydrogen-bond donors (Lipinski definition) is 2. The van der Waals surface area contributed by atoms with Gasteiger partial charge in [-0.15, -0.1) is 0 Å². The molecule has 0 fully saturated rings. The number of methoxy groups -OCH3 is 1. The van der Waals surface area contributed by atoms with Gasteiger partial charge in [0.15, 0.2) is 0 Å². The van der Waals surface area contributed by atoms with Crippen molar-refractivity contribution in [2.45, 2.75) is 26.2 Å². The van der Waals surface area contributed by atoms with Crippen molar-refractivity contribution < 1.29 is 19.4 Å². The summed E-state index contributed by atoms with van der Waals surface area (Å²) in [6, 6.07) is 4.94. The van der Waals surface area contributed by atoms with E-state index in [1.54, 1.807) is 32.0 Å². The Balaban J connectivity index is 3.26. The standard InChI is InChI=1S/C13H17NO4/c1-8(15)14-10-7-9(5-6-11(10)18-4)13(2,3)12(16)17/h5-7H,1-4H3,(H,14,15)(H,16,17). The van der Waals surface area contributed by atoms with Crippen LogP contribution in [-0.2, 0) is 15.0 Å². The number of hydrogen-bond acceptors (Lipinski definition) is 3. The number of carboxylic acid groups (broad SMARTS) is 1. The van der Waals surface area contributed by atoms with Crippen molar-refractivity contribution in [3.63, 3.8) is 0 Å². The fraction of sp³-hybridized carbons (Fsp3) is 0.385. The van der Waals surface area contributed by atoms with E-state index in [4.69, 9.17) is 4.74 Å². The van der Waals surface area contributed by atoms with Crippen molar-refractivity contribution in [1.82, 2.24) is 0 Å². The number of anilines is 1. The molecule has 0 aliphatic heterocycles. The van der Waals surface area contributed by atoms with E-state index in [2.05, 4.69) is 5.32 Å². The van der Waals surface area contributed by atoms with Gasteiger partial charge in [0, 0.05) is 6.92 Å². The zero-order chi connectivity index (χ0) is 13.9. The summed E-state index contributed by atoms with van der Waals surface area (Å²) < 4.78 is 5.11.